The molecule has 132 valence electrons. The van der Waals surface area contributed by atoms with Crippen LogP contribution in [0.4, 0.5) is 18.0 Å². The number of rotatable bonds is 3. The molecule has 0 spiro atoms. The number of alkyl halides is 3. The van der Waals surface area contributed by atoms with Crippen molar-refractivity contribution in [2.75, 3.05) is 13.1 Å². The molecule has 0 saturated carbocycles. The maximum Gasteiger partial charge on any atom is 0.575 e. The summed E-state index contributed by atoms with van der Waals surface area (Å²) in [4.78, 5) is 25.1. The predicted octanol–water partition coefficient (Wildman–Crippen LogP) is 3.49. The largest absolute Gasteiger partial charge is 0.575 e. The third-order valence-corrected chi connectivity index (χ3v) is 3.86. The number of benzene rings is 1. The van der Waals surface area contributed by atoms with Crippen LogP contribution >= 0.6 is 0 Å². The number of halogens is 3. The van der Waals surface area contributed by atoms with Crippen molar-refractivity contribution in [3.8, 4) is 0 Å². The quantitative estimate of drug-likeness (QED) is 0.787. The van der Waals surface area contributed by atoms with E-state index in [2.05, 4.69) is 4.74 Å². The number of ether oxygens (including phenoxy) is 2. The van der Waals surface area contributed by atoms with E-state index in [-0.39, 0.29) is 19.6 Å². The molecular weight excluding hydrogens is 327 g/mol. The van der Waals surface area contributed by atoms with E-state index in [1.54, 1.807) is 24.3 Å². The summed E-state index contributed by atoms with van der Waals surface area (Å²) in [6, 6.07) is 9.00. The third-order valence-electron chi connectivity index (χ3n) is 3.86. The lowest BCUT2D eigenvalue weighted by Gasteiger charge is -2.37. The van der Waals surface area contributed by atoms with Gasteiger partial charge in [-0.2, -0.15) is 0 Å². The van der Waals surface area contributed by atoms with Crippen LogP contribution < -0.4 is 0 Å². The SMILES string of the molecule is CC1(C(=O)OC(F)(F)F)CCCN(C(=O)OCc2ccccc2)C1. The van der Waals surface area contributed by atoms with Gasteiger partial charge in [-0.1, -0.05) is 30.3 Å². The number of nitrogens with zero attached hydrogens (tertiary/aromatic N) is 1. The van der Waals surface area contributed by atoms with Crippen molar-refractivity contribution in [3.05, 3.63) is 35.9 Å². The Morgan fingerprint density at radius 1 is 1.25 bits per heavy atom. The molecule has 1 fully saturated rings. The van der Waals surface area contributed by atoms with Gasteiger partial charge in [-0.25, -0.2) is 4.79 Å². The summed E-state index contributed by atoms with van der Waals surface area (Å²) in [5.41, 5.74) is -0.610. The van der Waals surface area contributed by atoms with Gasteiger partial charge in [0.1, 0.15) is 6.61 Å². The monoisotopic (exact) mass is 345 g/mol. The molecule has 0 radical (unpaired) electrons. The first-order valence-electron chi connectivity index (χ1n) is 7.45. The number of carbonyl (C=O) groups is 2. The van der Waals surface area contributed by atoms with Crippen molar-refractivity contribution in [2.45, 2.75) is 32.7 Å². The summed E-state index contributed by atoms with van der Waals surface area (Å²) in [6.45, 7) is 1.57. The number of esters is 1. The molecule has 1 aliphatic rings. The van der Waals surface area contributed by atoms with Gasteiger partial charge in [0.05, 0.1) is 5.41 Å². The summed E-state index contributed by atoms with van der Waals surface area (Å²) >= 11 is 0. The second-order valence-corrected chi connectivity index (χ2v) is 5.96. The Morgan fingerprint density at radius 3 is 2.54 bits per heavy atom. The number of piperidine rings is 1. The second kappa shape index (κ2) is 7.11. The molecule has 1 aliphatic heterocycles. The molecule has 1 heterocycles. The van der Waals surface area contributed by atoms with E-state index in [0.717, 1.165) is 5.56 Å². The number of likely N-dealkylation sites (tertiary alicyclic amines) is 1. The van der Waals surface area contributed by atoms with Gasteiger partial charge in [0, 0.05) is 13.1 Å². The van der Waals surface area contributed by atoms with Crippen LogP contribution in [0.2, 0.25) is 0 Å². The molecule has 1 unspecified atom stereocenters. The van der Waals surface area contributed by atoms with Crippen LogP contribution in [0, 0.1) is 5.41 Å². The lowest BCUT2D eigenvalue weighted by atomic mass is 9.82. The molecule has 0 N–H and O–H groups in total. The van der Waals surface area contributed by atoms with Gasteiger partial charge in [0.25, 0.3) is 0 Å². The van der Waals surface area contributed by atoms with E-state index < -0.39 is 23.8 Å². The fraction of sp³-hybridized carbons (Fsp3) is 0.500. The minimum atomic E-state index is -5.03. The number of carbonyl (C=O) groups excluding carboxylic acids is 2. The van der Waals surface area contributed by atoms with Gasteiger partial charge in [0.15, 0.2) is 0 Å². The van der Waals surface area contributed by atoms with Crippen LogP contribution in [0.3, 0.4) is 0 Å². The number of amides is 1. The molecule has 0 aromatic heterocycles. The predicted molar refractivity (Wildman–Crippen MR) is 77.7 cm³/mol. The maximum atomic E-state index is 12.2. The van der Waals surface area contributed by atoms with Crippen molar-refractivity contribution in [3.63, 3.8) is 0 Å². The zero-order valence-electron chi connectivity index (χ0n) is 13.1. The van der Waals surface area contributed by atoms with Crippen molar-refractivity contribution < 1.29 is 32.2 Å². The number of hydrogen-bond donors (Lipinski definition) is 0. The molecule has 1 saturated heterocycles. The van der Waals surface area contributed by atoms with Gasteiger partial charge in [-0.15, -0.1) is 13.2 Å². The summed E-state index contributed by atoms with van der Waals surface area (Å²) in [6.07, 6.45) is -5.09. The molecule has 1 atom stereocenters. The van der Waals surface area contributed by atoms with Gasteiger partial charge in [0.2, 0.25) is 0 Å². The van der Waals surface area contributed by atoms with E-state index in [0.29, 0.717) is 13.0 Å². The molecule has 5 nitrogen and oxygen atoms in total. The Balaban J connectivity index is 1.94. The molecule has 8 heteroatoms. The average molecular weight is 345 g/mol. The molecule has 0 bridgehead atoms. The van der Waals surface area contributed by atoms with Crippen LogP contribution in [0.1, 0.15) is 25.3 Å². The highest BCUT2D eigenvalue weighted by molar-refractivity contribution is 5.78. The minimum absolute atomic E-state index is 0.0554. The lowest BCUT2D eigenvalue weighted by molar-refractivity contribution is -0.311. The van der Waals surface area contributed by atoms with E-state index >= 15 is 0 Å². The van der Waals surface area contributed by atoms with Crippen molar-refractivity contribution in [2.24, 2.45) is 5.41 Å². The zero-order valence-corrected chi connectivity index (χ0v) is 13.1. The van der Waals surface area contributed by atoms with E-state index in [1.807, 2.05) is 6.07 Å². The molecule has 1 aromatic rings. The Hall–Kier alpha value is -2.25. The van der Waals surface area contributed by atoms with Crippen molar-refractivity contribution >= 4 is 12.1 Å². The summed E-state index contributed by atoms with van der Waals surface area (Å²) in [5.74, 6) is -1.38. The normalized spacial score (nSPS) is 21.2. The van der Waals surface area contributed by atoms with E-state index in [4.69, 9.17) is 4.74 Å². The first-order chi connectivity index (χ1) is 11.2. The van der Waals surface area contributed by atoms with E-state index in [9.17, 15) is 22.8 Å². The van der Waals surface area contributed by atoms with Crippen LogP contribution in [0.5, 0.6) is 0 Å². The summed E-state index contributed by atoms with van der Waals surface area (Å²) in [5, 5.41) is 0. The van der Waals surface area contributed by atoms with Gasteiger partial charge >= 0.3 is 18.4 Å². The fourth-order valence-electron chi connectivity index (χ4n) is 2.60. The highest BCUT2D eigenvalue weighted by Gasteiger charge is 2.46. The zero-order chi connectivity index (χ0) is 17.8. The first-order valence-corrected chi connectivity index (χ1v) is 7.45. The van der Waals surface area contributed by atoms with Crippen molar-refractivity contribution in [1.29, 1.82) is 0 Å². The third kappa shape index (κ3) is 4.87. The average Bonchev–Trinajstić information content (AvgIpc) is 2.52. The highest BCUT2D eigenvalue weighted by atomic mass is 19.4. The Kier molecular flexibility index (Phi) is 5.36. The van der Waals surface area contributed by atoms with Gasteiger partial charge in [-0.3, -0.25) is 4.79 Å². The smallest absolute Gasteiger partial charge is 0.445 e. The molecule has 1 amide bonds. The van der Waals surface area contributed by atoms with Crippen LogP contribution in [0.15, 0.2) is 30.3 Å². The van der Waals surface area contributed by atoms with Crippen LogP contribution in [-0.4, -0.2) is 36.4 Å². The minimum Gasteiger partial charge on any atom is -0.445 e. The van der Waals surface area contributed by atoms with Crippen molar-refractivity contribution in [1.82, 2.24) is 4.90 Å². The Labute approximate surface area is 137 Å². The fourth-order valence-corrected chi connectivity index (χ4v) is 2.60. The van der Waals surface area contributed by atoms with Gasteiger partial charge < -0.3 is 14.4 Å². The van der Waals surface area contributed by atoms with E-state index in [1.165, 1.54) is 11.8 Å². The topological polar surface area (TPSA) is 55.8 Å². The molecule has 1 aromatic carbocycles. The highest BCUT2D eigenvalue weighted by Crippen LogP contribution is 2.33. The van der Waals surface area contributed by atoms with Crippen LogP contribution in [0.25, 0.3) is 0 Å². The molecule has 2 rings (SSSR count). The lowest BCUT2D eigenvalue weighted by Crippen LogP contribution is -2.50. The molecule has 0 aliphatic carbocycles. The van der Waals surface area contributed by atoms with Crippen LogP contribution in [-0.2, 0) is 20.9 Å². The molecule has 24 heavy (non-hydrogen) atoms. The molecular formula is C16H18F3NO4. The Morgan fingerprint density at radius 2 is 1.92 bits per heavy atom. The summed E-state index contributed by atoms with van der Waals surface area (Å²) in [7, 11) is 0. The van der Waals surface area contributed by atoms with Gasteiger partial charge in [-0.05, 0) is 25.3 Å². The maximum absolute atomic E-state index is 12.2. The summed E-state index contributed by atoms with van der Waals surface area (Å²) < 4.78 is 45.4. The first kappa shape index (κ1) is 18.1. The number of hydrogen-bond acceptors (Lipinski definition) is 4. The standard InChI is InChI=1S/C16H18F3NO4/c1-15(13(21)24-16(17,18)19)8-5-9-20(11-15)14(22)23-10-12-6-3-2-4-7-12/h2-4,6-7H,5,8-11H2,1H3. The Bertz CT molecular complexity index is 591. The second-order valence-electron chi connectivity index (χ2n) is 5.96.